The van der Waals surface area contributed by atoms with Crippen LogP contribution in [0.15, 0.2) is 28.9 Å². The van der Waals surface area contributed by atoms with Crippen molar-refractivity contribution >= 4 is 39.2 Å². The van der Waals surface area contributed by atoms with Crippen molar-refractivity contribution in [2.45, 2.75) is 0 Å². The van der Waals surface area contributed by atoms with Gasteiger partial charge in [-0.15, -0.1) is 0 Å². The van der Waals surface area contributed by atoms with E-state index in [9.17, 15) is 10.1 Å². The van der Waals surface area contributed by atoms with E-state index in [0.717, 1.165) is 0 Å². The van der Waals surface area contributed by atoms with Gasteiger partial charge in [-0.05, 0) is 12.1 Å². The third-order valence-electron chi connectivity index (χ3n) is 2.05. The minimum absolute atomic E-state index is 0.00759. The van der Waals surface area contributed by atoms with E-state index in [1.54, 1.807) is 6.07 Å². The van der Waals surface area contributed by atoms with Crippen LogP contribution in [-0.2, 0) is 0 Å². The molecule has 0 atom stereocenters. The van der Waals surface area contributed by atoms with Crippen molar-refractivity contribution in [3.05, 3.63) is 44.0 Å². The molecule has 98 valence electrons. The van der Waals surface area contributed by atoms with Gasteiger partial charge in [0.2, 0.25) is 17.6 Å². The molecule has 0 aliphatic carbocycles. The summed E-state index contributed by atoms with van der Waals surface area (Å²) in [7, 11) is 0. The van der Waals surface area contributed by atoms with E-state index in [4.69, 9.17) is 22.1 Å². The van der Waals surface area contributed by atoms with Crippen LogP contribution in [0.2, 0.25) is 5.02 Å². The highest BCUT2D eigenvalue weighted by Gasteiger charge is 2.18. The Morgan fingerprint density at radius 3 is 2.89 bits per heavy atom. The maximum absolute atomic E-state index is 10.9. The number of nitrogen functional groups attached to an aromatic ring is 1. The van der Waals surface area contributed by atoms with E-state index >= 15 is 0 Å². The van der Waals surface area contributed by atoms with Gasteiger partial charge in [0.15, 0.2) is 0 Å². The van der Waals surface area contributed by atoms with Gasteiger partial charge in [-0.1, -0.05) is 27.5 Å². The van der Waals surface area contributed by atoms with Gasteiger partial charge in [-0.3, -0.25) is 10.1 Å². The van der Waals surface area contributed by atoms with Gasteiger partial charge >= 0.3 is 5.69 Å². The fraction of sp³-hybridized carbons (Fsp3) is 0. The van der Waals surface area contributed by atoms with Crippen LogP contribution >= 0.6 is 27.5 Å². The molecule has 0 saturated carbocycles. The summed E-state index contributed by atoms with van der Waals surface area (Å²) in [5.41, 5.74) is 5.18. The lowest BCUT2D eigenvalue weighted by atomic mass is 10.3. The van der Waals surface area contributed by atoms with Crippen molar-refractivity contribution in [2.75, 3.05) is 5.73 Å². The molecule has 0 bridgehead atoms. The van der Waals surface area contributed by atoms with Crippen LogP contribution in [0.1, 0.15) is 0 Å². The number of aromatic nitrogens is 2. The second-order valence-corrected chi connectivity index (χ2v) is 4.68. The molecule has 0 radical (unpaired) electrons. The lowest BCUT2D eigenvalue weighted by Crippen LogP contribution is -1.99. The maximum atomic E-state index is 10.9. The highest BCUT2D eigenvalue weighted by atomic mass is 79.9. The number of nitro groups is 1. The van der Waals surface area contributed by atoms with E-state index < -0.39 is 4.92 Å². The first kappa shape index (κ1) is 13.5. The van der Waals surface area contributed by atoms with Gasteiger partial charge in [0.05, 0.1) is 11.1 Å². The van der Waals surface area contributed by atoms with Crippen molar-refractivity contribution in [1.29, 1.82) is 0 Å². The van der Waals surface area contributed by atoms with Gasteiger partial charge in [0, 0.05) is 10.5 Å². The number of anilines is 1. The van der Waals surface area contributed by atoms with Crippen LogP contribution in [0, 0.1) is 10.1 Å². The molecule has 19 heavy (non-hydrogen) atoms. The summed E-state index contributed by atoms with van der Waals surface area (Å²) >= 11 is 8.97. The molecule has 9 heteroatoms. The summed E-state index contributed by atoms with van der Waals surface area (Å²) in [5.74, 6) is -0.0769. The van der Waals surface area contributed by atoms with Crippen LogP contribution in [-0.4, -0.2) is 14.9 Å². The average Bonchev–Trinajstić information content (AvgIpc) is 2.35. The molecule has 0 aliphatic rings. The Bertz CT molecular complexity index is 653. The number of nitrogens with zero attached hydrogens (tertiary/aromatic N) is 3. The first-order valence-electron chi connectivity index (χ1n) is 4.87. The molecular formula is C10H6BrClN4O3. The molecule has 2 rings (SSSR count). The number of nitro benzene ring substituents is 1. The summed E-state index contributed by atoms with van der Waals surface area (Å²) in [4.78, 5) is 17.8. The Morgan fingerprint density at radius 2 is 2.21 bits per heavy atom. The zero-order valence-corrected chi connectivity index (χ0v) is 11.6. The summed E-state index contributed by atoms with van der Waals surface area (Å²) in [6.45, 7) is 0. The van der Waals surface area contributed by atoms with Crippen molar-refractivity contribution < 1.29 is 9.66 Å². The molecule has 2 aromatic rings. The minimum Gasteiger partial charge on any atom is -0.430 e. The smallest absolute Gasteiger partial charge is 0.312 e. The number of benzene rings is 1. The van der Waals surface area contributed by atoms with E-state index in [0.29, 0.717) is 4.47 Å². The Hall–Kier alpha value is -1.93. The number of ether oxygens (including phenoxy) is 1. The molecule has 1 heterocycles. The predicted octanol–water partition coefficient (Wildman–Crippen LogP) is 3.18. The van der Waals surface area contributed by atoms with E-state index in [1.807, 2.05) is 0 Å². The number of hydrogen-bond acceptors (Lipinski definition) is 6. The monoisotopic (exact) mass is 344 g/mol. The van der Waals surface area contributed by atoms with Gasteiger partial charge in [0.25, 0.3) is 0 Å². The van der Waals surface area contributed by atoms with Crippen molar-refractivity contribution in [2.24, 2.45) is 0 Å². The minimum atomic E-state index is -0.571. The van der Waals surface area contributed by atoms with Gasteiger partial charge < -0.3 is 10.5 Å². The van der Waals surface area contributed by atoms with E-state index in [1.165, 1.54) is 18.3 Å². The van der Waals surface area contributed by atoms with Crippen LogP contribution in [0.25, 0.3) is 0 Å². The van der Waals surface area contributed by atoms with Gasteiger partial charge in [-0.2, -0.15) is 4.98 Å². The second kappa shape index (κ2) is 5.37. The normalized spacial score (nSPS) is 10.2. The fourth-order valence-electron chi connectivity index (χ4n) is 1.26. The van der Waals surface area contributed by atoms with Crippen LogP contribution in [0.4, 0.5) is 11.6 Å². The number of rotatable bonds is 3. The highest BCUT2D eigenvalue weighted by molar-refractivity contribution is 9.10. The van der Waals surface area contributed by atoms with Crippen molar-refractivity contribution in [3.8, 4) is 11.6 Å². The predicted molar refractivity (Wildman–Crippen MR) is 72.3 cm³/mol. The van der Waals surface area contributed by atoms with Crippen molar-refractivity contribution in [1.82, 2.24) is 9.97 Å². The third-order valence-corrected chi connectivity index (χ3v) is 2.81. The Morgan fingerprint density at radius 1 is 1.47 bits per heavy atom. The summed E-state index contributed by atoms with van der Waals surface area (Å²) in [6.07, 6.45) is 1.25. The largest absolute Gasteiger partial charge is 0.430 e. The summed E-state index contributed by atoms with van der Waals surface area (Å²) < 4.78 is 5.87. The highest BCUT2D eigenvalue weighted by Crippen LogP contribution is 2.35. The molecule has 0 amide bonds. The first-order valence-corrected chi connectivity index (χ1v) is 6.04. The molecule has 0 aliphatic heterocycles. The lowest BCUT2D eigenvalue weighted by Gasteiger charge is -2.07. The van der Waals surface area contributed by atoms with Gasteiger partial charge in [-0.25, -0.2) is 4.98 Å². The Kier molecular flexibility index (Phi) is 3.82. The topological polar surface area (TPSA) is 104 Å². The Balaban J connectivity index is 2.43. The van der Waals surface area contributed by atoms with E-state index in [2.05, 4.69) is 25.9 Å². The zero-order chi connectivity index (χ0) is 14.0. The Labute approximate surface area is 120 Å². The summed E-state index contributed by atoms with van der Waals surface area (Å²) in [6, 6.07) is 4.34. The molecule has 1 aromatic heterocycles. The molecule has 0 saturated heterocycles. The number of hydrogen-bond donors (Lipinski definition) is 1. The average molecular weight is 346 g/mol. The number of nitrogens with two attached hydrogens (primary N) is 1. The third kappa shape index (κ3) is 3.09. The molecule has 0 spiro atoms. The van der Waals surface area contributed by atoms with Gasteiger partial charge in [0.1, 0.15) is 5.02 Å². The molecule has 7 nitrogen and oxygen atoms in total. The maximum Gasteiger partial charge on any atom is 0.312 e. The molecule has 1 aromatic carbocycles. The first-order chi connectivity index (χ1) is 8.97. The molecule has 0 unspecified atom stereocenters. The molecular weight excluding hydrogens is 339 g/mol. The lowest BCUT2D eigenvalue weighted by molar-refractivity contribution is -0.385. The summed E-state index contributed by atoms with van der Waals surface area (Å²) in [5, 5.41) is 11.0. The SMILES string of the molecule is Nc1ncc(Cl)c(Oc2ccc(Br)cc2[N+](=O)[O-])n1. The van der Waals surface area contributed by atoms with Crippen LogP contribution in [0.3, 0.4) is 0 Å². The zero-order valence-electron chi connectivity index (χ0n) is 9.21. The second-order valence-electron chi connectivity index (χ2n) is 3.35. The fourth-order valence-corrected chi connectivity index (χ4v) is 1.74. The quantitative estimate of drug-likeness (QED) is 0.676. The standard InChI is InChI=1S/C10H6BrClN4O3/c11-5-1-2-8(7(3-5)16(17)18)19-9-6(12)4-14-10(13)15-9/h1-4H,(H2,13,14,15). The molecule has 0 fully saturated rings. The molecule has 2 N–H and O–H groups in total. The van der Waals surface area contributed by atoms with E-state index in [-0.39, 0.29) is 28.3 Å². The number of halogens is 2. The van der Waals surface area contributed by atoms with Crippen molar-refractivity contribution in [3.63, 3.8) is 0 Å². The van der Waals surface area contributed by atoms with Crippen LogP contribution < -0.4 is 10.5 Å². The van der Waals surface area contributed by atoms with Crippen LogP contribution in [0.5, 0.6) is 11.6 Å².